The number of fused-ring (bicyclic) bond motifs is 3. The number of nitrogens with zero attached hydrogens (tertiary/aromatic N) is 1. The maximum Gasteiger partial charge on any atom is 0.411 e. The lowest BCUT2D eigenvalue weighted by atomic mass is 9.84. The molecular weight excluding hydrogens is 354 g/mol. The minimum absolute atomic E-state index is 0.104. The summed E-state index contributed by atoms with van der Waals surface area (Å²) >= 11 is 0. The van der Waals surface area contributed by atoms with Crippen molar-refractivity contribution >= 4 is 6.09 Å². The average molecular weight is 380 g/mol. The molecule has 5 nitrogen and oxygen atoms in total. The Balaban J connectivity index is 1.81. The van der Waals surface area contributed by atoms with Gasteiger partial charge in [-0.05, 0) is 52.5 Å². The quantitative estimate of drug-likeness (QED) is 0.810. The van der Waals surface area contributed by atoms with Crippen molar-refractivity contribution < 1.29 is 23.0 Å². The van der Waals surface area contributed by atoms with Crippen LogP contribution in [0, 0.1) is 11.6 Å². The van der Waals surface area contributed by atoms with Gasteiger partial charge in [0.15, 0.2) is 11.6 Å². The summed E-state index contributed by atoms with van der Waals surface area (Å²) in [7, 11) is 0. The fraction of sp³-hybridized carbons (Fsp3) is 0.650. The molecule has 2 atom stereocenters. The number of rotatable bonds is 1. The second-order valence-electron chi connectivity index (χ2n) is 8.69. The van der Waals surface area contributed by atoms with Gasteiger partial charge < -0.3 is 14.8 Å². The fourth-order valence-corrected chi connectivity index (χ4v) is 4.58. The molecule has 1 aromatic rings. The van der Waals surface area contributed by atoms with Gasteiger partial charge in [0.25, 0.3) is 0 Å². The predicted octanol–water partition coefficient (Wildman–Crippen LogP) is 3.49. The summed E-state index contributed by atoms with van der Waals surface area (Å²) in [6.07, 6.45) is 1.92. The van der Waals surface area contributed by atoms with Crippen LogP contribution >= 0.6 is 0 Å². The molecular formula is C20H26F2N2O3. The standard InChI is InChI=1S/C20H26F2N2O3/c1-19(2,3)27-18(25)24-12-6-7-20(24,11-23-10-12)14-9-15-13(5-4-8-26-15)16(21)17(14)22/h9,12,23H,4-8,10-11H2,1-3H3. The van der Waals surface area contributed by atoms with Gasteiger partial charge in [-0.3, -0.25) is 4.90 Å². The maximum atomic E-state index is 15.2. The van der Waals surface area contributed by atoms with Crippen LogP contribution in [0.25, 0.3) is 0 Å². The second-order valence-corrected chi connectivity index (χ2v) is 8.69. The van der Waals surface area contributed by atoms with Crippen LogP contribution in [-0.2, 0) is 16.7 Å². The van der Waals surface area contributed by atoms with Gasteiger partial charge in [0.05, 0.1) is 12.1 Å². The largest absolute Gasteiger partial charge is 0.493 e. The Labute approximate surface area is 158 Å². The van der Waals surface area contributed by atoms with E-state index in [1.165, 1.54) is 0 Å². The first-order valence-electron chi connectivity index (χ1n) is 9.60. The van der Waals surface area contributed by atoms with Crippen LogP contribution < -0.4 is 10.1 Å². The first kappa shape index (κ1) is 18.5. The Morgan fingerprint density at radius 3 is 2.89 bits per heavy atom. The SMILES string of the molecule is CC(C)(C)OC(=O)N1C2CCC1(c1cc3c(c(F)c1F)CCCO3)CNC2. The molecule has 1 aromatic carbocycles. The Kier molecular flexibility index (Phi) is 4.33. The molecule has 2 fully saturated rings. The zero-order valence-electron chi connectivity index (χ0n) is 16.0. The third-order valence-electron chi connectivity index (χ3n) is 5.70. The molecule has 3 aliphatic heterocycles. The number of hydrogen-bond acceptors (Lipinski definition) is 4. The molecule has 0 aromatic heterocycles. The minimum Gasteiger partial charge on any atom is -0.493 e. The second kappa shape index (κ2) is 6.33. The normalized spacial score (nSPS) is 27.1. The molecule has 3 heterocycles. The lowest BCUT2D eigenvalue weighted by Gasteiger charge is -2.45. The zero-order valence-corrected chi connectivity index (χ0v) is 16.0. The van der Waals surface area contributed by atoms with Crippen molar-refractivity contribution in [3.8, 4) is 5.75 Å². The van der Waals surface area contributed by atoms with Gasteiger partial charge in [-0.2, -0.15) is 0 Å². The highest BCUT2D eigenvalue weighted by Crippen LogP contribution is 2.47. The third kappa shape index (κ3) is 2.96. The lowest BCUT2D eigenvalue weighted by molar-refractivity contribution is -0.0124. The van der Waals surface area contributed by atoms with E-state index in [2.05, 4.69) is 5.32 Å². The van der Waals surface area contributed by atoms with Gasteiger partial charge in [-0.15, -0.1) is 0 Å². The summed E-state index contributed by atoms with van der Waals surface area (Å²) in [4.78, 5) is 14.6. The Morgan fingerprint density at radius 1 is 1.37 bits per heavy atom. The molecule has 3 aliphatic rings. The highest BCUT2D eigenvalue weighted by molar-refractivity contribution is 5.71. The van der Waals surface area contributed by atoms with E-state index in [1.807, 2.05) is 0 Å². The van der Waals surface area contributed by atoms with E-state index in [0.29, 0.717) is 56.7 Å². The van der Waals surface area contributed by atoms with Crippen molar-refractivity contribution in [3.05, 3.63) is 28.8 Å². The molecule has 2 saturated heterocycles. The predicted molar refractivity (Wildman–Crippen MR) is 95.8 cm³/mol. The van der Waals surface area contributed by atoms with E-state index in [1.54, 1.807) is 31.7 Å². The first-order chi connectivity index (χ1) is 12.7. The van der Waals surface area contributed by atoms with E-state index in [9.17, 15) is 9.18 Å². The van der Waals surface area contributed by atoms with Crippen molar-refractivity contribution in [2.75, 3.05) is 19.7 Å². The van der Waals surface area contributed by atoms with Crippen LogP contribution in [0.15, 0.2) is 6.07 Å². The lowest BCUT2D eigenvalue weighted by Crippen LogP contribution is -2.61. The molecule has 4 rings (SSSR count). The fourth-order valence-electron chi connectivity index (χ4n) is 4.58. The number of carbonyl (C=O) groups excluding carboxylic acids is 1. The topological polar surface area (TPSA) is 50.8 Å². The number of carbonyl (C=O) groups is 1. The van der Waals surface area contributed by atoms with Gasteiger partial charge in [0, 0.05) is 30.3 Å². The molecule has 27 heavy (non-hydrogen) atoms. The van der Waals surface area contributed by atoms with Gasteiger partial charge in [-0.25, -0.2) is 13.6 Å². The van der Waals surface area contributed by atoms with Crippen LogP contribution in [0.5, 0.6) is 5.75 Å². The summed E-state index contributed by atoms with van der Waals surface area (Å²) < 4.78 is 41.2. The Morgan fingerprint density at radius 2 is 2.15 bits per heavy atom. The van der Waals surface area contributed by atoms with Crippen LogP contribution in [-0.4, -0.2) is 42.3 Å². The van der Waals surface area contributed by atoms with Crippen molar-refractivity contribution in [2.45, 2.75) is 63.6 Å². The molecule has 0 saturated carbocycles. The number of ether oxygens (including phenoxy) is 2. The third-order valence-corrected chi connectivity index (χ3v) is 5.70. The van der Waals surface area contributed by atoms with Gasteiger partial charge >= 0.3 is 6.09 Å². The van der Waals surface area contributed by atoms with Crippen LogP contribution in [0.2, 0.25) is 0 Å². The van der Waals surface area contributed by atoms with E-state index in [4.69, 9.17) is 9.47 Å². The zero-order chi connectivity index (χ0) is 19.4. The summed E-state index contributed by atoms with van der Waals surface area (Å²) in [5.41, 5.74) is -1.15. The van der Waals surface area contributed by atoms with E-state index >= 15 is 4.39 Å². The monoisotopic (exact) mass is 380 g/mol. The minimum atomic E-state index is -0.966. The van der Waals surface area contributed by atoms with Gasteiger partial charge in [0.1, 0.15) is 11.4 Å². The Hall–Kier alpha value is -1.89. The summed E-state index contributed by atoms with van der Waals surface area (Å²) in [6, 6.07) is 1.49. The van der Waals surface area contributed by atoms with Crippen LogP contribution in [0.4, 0.5) is 13.6 Å². The Bertz CT molecular complexity index is 773. The number of benzene rings is 1. The smallest absolute Gasteiger partial charge is 0.411 e. The van der Waals surface area contributed by atoms with Crippen molar-refractivity contribution in [3.63, 3.8) is 0 Å². The van der Waals surface area contributed by atoms with Crippen molar-refractivity contribution in [1.82, 2.24) is 10.2 Å². The summed E-state index contributed by atoms with van der Waals surface area (Å²) in [5, 5.41) is 3.28. The van der Waals surface area contributed by atoms with Gasteiger partial charge in [-0.1, -0.05) is 0 Å². The highest BCUT2D eigenvalue weighted by Gasteiger charge is 2.55. The summed E-state index contributed by atoms with van der Waals surface area (Å²) in [6.45, 7) is 6.86. The van der Waals surface area contributed by atoms with Crippen molar-refractivity contribution in [1.29, 1.82) is 0 Å². The molecule has 1 N–H and O–H groups in total. The number of hydrogen-bond donors (Lipinski definition) is 1. The molecule has 2 unspecified atom stereocenters. The average Bonchev–Trinajstić information content (AvgIpc) is 2.83. The molecule has 0 spiro atoms. The molecule has 1 amide bonds. The number of piperazine rings is 1. The number of nitrogens with one attached hydrogen (secondary N) is 1. The molecule has 0 radical (unpaired) electrons. The van der Waals surface area contributed by atoms with Crippen LogP contribution in [0.3, 0.4) is 0 Å². The summed E-state index contributed by atoms with van der Waals surface area (Å²) in [5.74, 6) is -1.34. The number of halogens is 2. The van der Waals surface area contributed by atoms with Crippen LogP contribution in [0.1, 0.15) is 51.2 Å². The van der Waals surface area contributed by atoms with Crippen molar-refractivity contribution in [2.24, 2.45) is 0 Å². The highest BCUT2D eigenvalue weighted by atomic mass is 19.2. The number of amides is 1. The molecule has 7 heteroatoms. The van der Waals surface area contributed by atoms with E-state index in [0.717, 1.165) is 0 Å². The maximum absolute atomic E-state index is 15.2. The molecule has 148 valence electrons. The molecule has 0 aliphatic carbocycles. The molecule has 2 bridgehead atoms. The first-order valence-corrected chi connectivity index (χ1v) is 9.60. The van der Waals surface area contributed by atoms with Gasteiger partial charge in [0.2, 0.25) is 0 Å². The van der Waals surface area contributed by atoms with E-state index in [-0.39, 0.29) is 11.6 Å². The van der Waals surface area contributed by atoms with E-state index < -0.39 is 28.9 Å².